The van der Waals surface area contributed by atoms with Crippen LogP contribution in [-0.4, -0.2) is 34.0 Å². The first-order valence-corrected chi connectivity index (χ1v) is 10.5. The first-order valence-electron chi connectivity index (χ1n) is 10.2. The number of aromatic nitrogens is 2. The first kappa shape index (κ1) is 20.6. The summed E-state index contributed by atoms with van der Waals surface area (Å²) in [5.74, 6) is 1.10. The number of amides is 1. The number of hydrogen-bond acceptors (Lipinski definition) is 5. The van der Waals surface area contributed by atoms with Gasteiger partial charge in [-0.15, -0.1) is 0 Å². The van der Waals surface area contributed by atoms with Gasteiger partial charge in [-0.25, -0.2) is 0 Å². The molecule has 1 aliphatic heterocycles. The van der Waals surface area contributed by atoms with E-state index in [9.17, 15) is 4.79 Å². The maximum atomic E-state index is 12.8. The molecule has 7 heteroatoms. The SMILES string of the molecule is Cc1ccc(-c2noc(CN3CCCC(C(=O)Nc4cc(Cl)ccc4C)C3)n2)cc1. The van der Waals surface area contributed by atoms with E-state index >= 15 is 0 Å². The lowest BCUT2D eigenvalue weighted by Crippen LogP contribution is -2.40. The van der Waals surface area contributed by atoms with Crippen LogP contribution in [-0.2, 0) is 11.3 Å². The van der Waals surface area contributed by atoms with Crippen LogP contribution in [0.15, 0.2) is 47.0 Å². The van der Waals surface area contributed by atoms with E-state index in [-0.39, 0.29) is 11.8 Å². The van der Waals surface area contributed by atoms with Crippen molar-refractivity contribution in [3.63, 3.8) is 0 Å². The summed E-state index contributed by atoms with van der Waals surface area (Å²) >= 11 is 6.07. The van der Waals surface area contributed by atoms with E-state index in [2.05, 4.69) is 20.4 Å². The molecule has 2 heterocycles. The molecular formula is C23H25ClN4O2. The van der Waals surface area contributed by atoms with Crippen molar-refractivity contribution in [2.24, 2.45) is 5.92 Å². The Morgan fingerprint density at radius 3 is 2.83 bits per heavy atom. The molecule has 1 N–H and O–H groups in total. The van der Waals surface area contributed by atoms with Crippen LogP contribution in [0.1, 0.15) is 29.9 Å². The third-order valence-electron chi connectivity index (χ3n) is 5.47. The monoisotopic (exact) mass is 424 g/mol. The summed E-state index contributed by atoms with van der Waals surface area (Å²) < 4.78 is 5.45. The first-order chi connectivity index (χ1) is 14.5. The van der Waals surface area contributed by atoms with Crippen molar-refractivity contribution in [1.29, 1.82) is 0 Å². The lowest BCUT2D eigenvalue weighted by molar-refractivity contribution is -0.121. The van der Waals surface area contributed by atoms with Gasteiger partial charge in [-0.1, -0.05) is 52.7 Å². The molecule has 1 atom stereocenters. The van der Waals surface area contributed by atoms with Crippen LogP contribution < -0.4 is 5.32 Å². The highest BCUT2D eigenvalue weighted by atomic mass is 35.5. The molecule has 0 aliphatic carbocycles. The van der Waals surface area contributed by atoms with Gasteiger partial charge in [0.2, 0.25) is 17.6 Å². The third-order valence-corrected chi connectivity index (χ3v) is 5.71. The number of carbonyl (C=O) groups excluding carboxylic acids is 1. The van der Waals surface area contributed by atoms with Gasteiger partial charge >= 0.3 is 0 Å². The van der Waals surface area contributed by atoms with Crippen LogP contribution in [0.5, 0.6) is 0 Å². The van der Waals surface area contributed by atoms with E-state index in [0.29, 0.717) is 29.8 Å². The van der Waals surface area contributed by atoms with Gasteiger partial charge in [0.05, 0.1) is 12.5 Å². The van der Waals surface area contributed by atoms with Crippen LogP contribution in [0.2, 0.25) is 5.02 Å². The van der Waals surface area contributed by atoms with Crippen molar-refractivity contribution in [3.05, 3.63) is 64.5 Å². The van der Waals surface area contributed by atoms with E-state index in [1.807, 2.05) is 50.2 Å². The van der Waals surface area contributed by atoms with Crippen molar-refractivity contribution in [2.45, 2.75) is 33.2 Å². The fraction of sp³-hybridized carbons (Fsp3) is 0.348. The molecule has 0 spiro atoms. The minimum Gasteiger partial charge on any atom is -0.338 e. The van der Waals surface area contributed by atoms with Crippen molar-refractivity contribution in [2.75, 3.05) is 18.4 Å². The van der Waals surface area contributed by atoms with Crippen molar-refractivity contribution >= 4 is 23.2 Å². The number of aryl methyl sites for hydroxylation is 2. The Balaban J connectivity index is 1.38. The van der Waals surface area contributed by atoms with Gasteiger partial charge < -0.3 is 9.84 Å². The van der Waals surface area contributed by atoms with Crippen LogP contribution in [0.25, 0.3) is 11.4 Å². The summed E-state index contributed by atoms with van der Waals surface area (Å²) in [6.45, 7) is 6.11. The zero-order chi connectivity index (χ0) is 21.1. The number of rotatable bonds is 5. The molecule has 0 bridgehead atoms. The van der Waals surface area contributed by atoms with Crippen molar-refractivity contribution in [3.8, 4) is 11.4 Å². The maximum absolute atomic E-state index is 12.8. The summed E-state index contributed by atoms with van der Waals surface area (Å²) in [5, 5.41) is 7.75. The quantitative estimate of drug-likeness (QED) is 0.633. The molecule has 1 saturated heterocycles. The van der Waals surface area contributed by atoms with Crippen LogP contribution in [0.4, 0.5) is 5.69 Å². The summed E-state index contributed by atoms with van der Waals surface area (Å²) in [4.78, 5) is 19.5. The molecule has 1 unspecified atom stereocenters. The molecule has 6 nitrogen and oxygen atoms in total. The highest BCUT2D eigenvalue weighted by Gasteiger charge is 2.27. The molecule has 0 saturated carbocycles. The minimum absolute atomic E-state index is 0.0240. The maximum Gasteiger partial charge on any atom is 0.241 e. The second-order valence-electron chi connectivity index (χ2n) is 7.90. The Kier molecular flexibility index (Phi) is 6.16. The fourth-order valence-corrected chi connectivity index (χ4v) is 3.88. The van der Waals surface area contributed by atoms with Crippen LogP contribution in [0, 0.1) is 19.8 Å². The van der Waals surface area contributed by atoms with E-state index < -0.39 is 0 Å². The van der Waals surface area contributed by atoms with Crippen molar-refractivity contribution < 1.29 is 9.32 Å². The summed E-state index contributed by atoms with van der Waals surface area (Å²) in [7, 11) is 0. The Morgan fingerprint density at radius 1 is 1.23 bits per heavy atom. The average molecular weight is 425 g/mol. The van der Waals surface area contributed by atoms with Gasteiger partial charge in [-0.05, 0) is 50.9 Å². The van der Waals surface area contributed by atoms with E-state index in [0.717, 1.165) is 36.2 Å². The van der Waals surface area contributed by atoms with E-state index in [4.69, 9.17) is 16.1 Å². The zero-order valence-electron chi connectivity index (χ0n) is 17.2. The number of piperidine rings is 1. The van der Waals surface area contributed by atoms with Gasteiger partial charge in [-0.3, -0.25) is 9.69 Å². The zero-order valence-corrected chi connectivity index (χ0v) is 17.9. The molecule has 30 heavy (non-hydrogen) atoms. The summed E-state index contributed by atoms with van der Waals surface area (Å²) in [6, 6.07) is 13.6. The minimum atomic E-state index is -0.0865. The van der Waals surface area contributed by atoms with Gasteiger partial charge in [0, 0.05) is 22.8 Å². The molecule has 2 aromatic carbocycles. The normalized spacial score (nSPS) is 17.1. The number of benzene rings is 2. The number of carbonyl (C=O) groups is 1. The lowest BCUT2D eigenvalue weighted by Gasteiger charge is -2.31. The van der Waals surface area contributed by atoms with Crippen molar-refractivity contribution in [1.82, 2.24) is 15.0 Å². The predicted octanol–water partition coefficient (Wildman–Crippen LogP) is 4.86. The molecule has 156 valence electrons. The van der Waals surface area contributed by atoms with E-state index in [1.54, 1.807) is 6.07 Å². The van der Waals surface area contributed by atoms with Gasteiger partial charge in [0.15, 0.2) is 0 Å². The number of likely N-dealkylation sites (tertiary alicyclic amines) is 1. The number of hydrogen-bond donors (Lipinski definition) is 1. The van der Waals surface area contributed by atoms with Gasteiger partial charge in [-0.2, -0.15) is 4.98 Å². The number of nitrogens with zero attached hydrogens (tertiary/aromatic N) is 3. The second-order valence-corrected chi connectivity index (χ2v) is 8.34. The highest BCUT2D eigenvalue weighted by molar-refractivity contribution is 6.31. The standard InChI is InChI=1S/C23H25ClN4O2/c1-15-5-8-17(9-6-15)22-26-21(30-27-22)14-28-11-3-4-18(13-28)23(29)25-20-12-19(24)10-7-16(20)2/h5-10,12,18H,3-4,11,13-14H2,1-2H3,(H,25,29). The highest BCUT2D eigenvalue weighted by Crippen LogP contribution is 2.24. The molecule has 1 aliphatic rings. The molecule has 1 aromatic heterocycles. The lowest BCUT2D eigenvalue weighted by atomic mass is 9.97. The topological polar surface area (TPSA) is 71.3 Å². The van der Waals surface area contributed by atoms with Crippen LogP contribution >= 0.6 is 11.6 Å². The Labute approximate surface area is 181 Å². The summed E-state index contributed by atoms with van der Waals surface area (Å²) in [5.41, 5.74) is 3.88. The molecule has 0 radical (unpaired) electrons. The molecular weight excluding hydrogens is 400 g/mol. The second kappa shape index (κ2) is 8.98. The Hall–Kier alpha value is -2.70. The number of nitrogens with one attached hydrogen (secondary N) is 1. The van der Waals surface area contributed by atoms with Crippen LogP contribution in [0.3, 0.4) is 0 Å². The fourth-order valence-electron chi connectivity index (χ4n) is 3.71. The van der Waals surface area contributed by atoms with Gasteiger partial charge in [0.25, 0.3) is 0 Å². The summed E-state index contributed by atoms with van der Waals surface area (Å²) in [6.07, 6.45) is 1.81. The average Bonchev–Trinajstić information content (AvgIpc) is 3.20. The van der Waals surface area contributed by atoms with Gasteiger partial charge in [0.1, 0.15) is 0 Å². The smallest absolute Gasteiger partial charge is 0.241 e. The predicted molar refractivity (Wildman–Crippen MR) is 117 cm³/mol. The Morgan fingerprint density at radius 2 is 2.03 bits per heavy atom. The van der Waals surface area contributed by atoms with E-state index in [1.165, 1.54) is 5.56 Å². The number of anilines is 1. The molecule has 1 fully saturated rings. The Bertz CT molecular complexity index is 1030. The molecule has 1 amide bonds. The largest absolute Gasteiger partial charge is 0.338 e. The molecule has 3 aromatic rings. The number of halogens is 1. The molecule has 4 rings (SSSR count). The third kappa shape index (κ3) is 4.89.